The average Bonchev–Trinajstić information content (AvgIpc) is 2.79. The molecule has 1 heterocycles. The maximum Gasteiger partial charge on any atom is 0.109 e. The van der Waals surface area contributed by atoms with E-state index in [2.05, 4.69) is 37.5 Å². The van der Waals surface area contributed by atoms with E-state index >= 15 is 0 Å². The molecule has 0 saturated carbocycles. The van der Waals surface area contributed by atoms with Crippen LogP contribution >= 0.6 is 0 Å². The second-order valence-corrected chi connectivity index (χ2v) is 5.99. The summed E-state index contributed by atoms with van der Waals surface area (Å²) >= 11 is 0. The molecule has 2 aromatic rings. The lowest BCUT2D eigenvalue weighted by Gasteiger charge is -2.09. The van der Waals surface area contributed by atoms with Crippen LogP contribution in [0, 0.1) is 13.8 Å². The van der Waals surface area contributed by atoms with Crippen LogP contribution in [0.15, 0.2) is 12.1 Å². The molecule has 0 atom stereocenters. The lowest BCUT2D eigenvalue weighted by molar-refractivity contribution is 0.287. The molecule has 21 heavy (non-hydrogen) atoms. The summed E-state index contributed by atoms with van der Waals surface area (Å²) in [4.78, 5) is 4.80. The molecular formula is C18H28N2O. The average molecular weight is 288 g/mol. The van der Waals surface area contributed by atoms with Crippen molar-refractivity contribution in [2.45, 2.75) is 65.8 Å². The van der Waals surface area contributed by atoms with Crippen molar-refractivity contribution in [2.24, 2.45) is 0 Å². The molecule has 0 radical (unpaired) electrons. The summed E-state index contributed by atoms with van der Waals surface area (Å²) in [5.41, 5.74) is 4.97. The van der Waals surface area contributed by atoms with E-state index in [1.807, 2.05) is 0 Å². The number of imidazole rings is 1. The molecule has 0 fully saturated rings. The number of aliphatic hydroxyl groups is 1. The van der Waals surface area contributed by atoms with Crippen LogP contribution in [0.2, 0.25) is 0 Å². The monoisotopic (exact) mass is 288 g/mol. The van der Waals surface area contributed by atoms with Crippen LogP contribution in [0.5, 0.6) is 0 Å². The van der Waals surface area contributed by atoms with E-state index in [9.17, 15) is 0 Å². The molecule has 0 aliphatic heterocycles. The molecule has 3 nitrogen and oxygen atoms in total. The minimum absolute atomic E-state index is 0.233. The fourth-order valence-electron chi connectivity index (χ4n) is 2.80. The topological polar surface area (TPSA) is 38.0 Å². The van der Waals surface area contributed by atoms with Gasteiger partial charge in [-0.1, -0.05) is 26.2 Å². The summed E-state index contributed by atoms with van der Waals surface area (Å²) in [5, 5.41) is 9.09. The van der Waals surface area contributed by atoms with Crippen molar-refractivity contribution in [3.63, 3.8) is 0 Å². The molecule has 1 aromatic carbocycles. The highest BCUT2D eigenvalue weighted by molar-refractivity contribution is 5.78. The number of aliphatic hydroxyl groups excluding tert-OH is 1. The highest BCUT2D eigenvalue weighted by Gasteiger charge is 2.11. The molecule has 0 saturated heterocycles. The van der Waals surface area contributed by atoms with Gasteiger partial charge in [0.25, 0.3) is 0 Å². The van der Waals surface area contributed by atoms with E-state index in [1.165, 1.54) is 42.3 Å². The number of aromatic nitrogens is 2. The van der Waals surface area contributed by atoms with E-state index in [-0.39, 0.29) is 6.61 Å². The minimum atomic E-state index is 0.233. The second-order valence-electron chi connectivity index (χ2n) is 5.99. The third kappa shape index (κ3) is 3.85. The first-order valence-electron chi connectivity index (χ1n) is 8.24. The normalized spacial score (nSPS) is 11.4. The third-order valence-corrected chi connectivity index (χ3v) is 4.24. The minimum Gasteiger partial charge on any atom is -0.396 e. The maximum atomic E-state index is 9.09. The Morgan fingerprint density at radius 3 is 2.52 bits per heavy atom. The predicted octanol–water partition coefficient (Wildman–Crippen LogP) is 4.16. The van der Waals surface area contributed by atoms with Gasteiger partial charge in [-0.05, 0) is 49.9 Å². The molecular weight excluding hydrogens is 260 g/mol. The third-order valence-electron chi connectivity index (χ3n) is 4.24. The highest BCUT2D eigenvalue weighted by atomic mass is 16.2. The van der Waals surface area contributed by atoms with Crippen LogP contribution < -0.4 is 0 Å². The summed E-state index contributed by atoms with van der Waals surface area (Å²) in [5.74, 6) is 1.13. The number of aryl methyl sites for hydroxylation is 4. The first kappa shape index (κ1) is 16.0. The van der Waals surface area contributed by atoms with Gasteiger partial charge in [-0.15, -0.1) is 0 Å². The summed E-state index contributed by atoms with van der Waals surface area (Å²) in [6, 6.07) is 4.45. The Kier molecular flexibility index (Phi) is 5.80. The van der Waals surface area contributed by atoms with Crippen LogP contribution in [-0.2, 0) is 13.0 Å². The Balaban J connectivity index is 2.29. The van der Waals surface area contributed by atoms with Crippen LogP contribution in [0.1, 0.15) is 56.0 Å². The van der Waals surface area contributed by atoms with Gasteiger partial charge in [0.05, 0.1) is 11.0 Å². The van der Waals surface area contributed by atoms with Crippen LogP contribution in [0.3, 0.4) is 0 Å². The number of fused-ring (bicyclic) bond motifs is 1. The first-order chi connectivity index (χ1) is 10.2. The summed E-state index contributed by atoms with van der Waals surface area (Å²) in [7, 11) is 0. The molecule has 0 bridgehead atoms. The van der Waals surface area contributed by atoms with E-state index in [4.69, 9.17) is 10.1 Å². The Labute approximate surface area is 128 Å². The molecule has 0 amide bonds. The van der Waals surface area contributed by atoms with Crippen LogP contribution in [0.4, 0.5) is 0 Å². The number of benzene rings is 1. The summed E-state index contributed by atoms with van der Waals surface area (Å²) in [6.07, 6.45) is 6.70. The molecule has 0 spiro atoms. The molecule has 0 aliphatic rings. The molecule has 1 aromatic heterocycles. The van der Waals surface area contributed by atoms with Crippen molar-refractivity contribution in [2.75, 3.05) is 6.61 Å². The number of rotatable bonds is 8. The van der Waals surface area contributed by atoms with Gasteiger partial charge in [0.2, 0.25) is 0 Å². The van der Waals surface area contributed by atoms with Crippen molar-refractivity contribution in [3.8, 4) is 0 Å². The fraction of sp³-hybridized carbons (Fsp3) is 0.611. The quantitative estimate of drug-likeness (QED) is 0.741. The fourth-order valence-corrected chi connectivity index (χ4v) is 2.80. The Morgan fingerprint density at radius 2 is 1.81 bits per heavy atom. The van der Waals surface area contributed by atoms with E-state index in [1.54, 1.807) is 0 Å². The first-order valence-corrected chi connectivity index (χ1v) is 8.24. The van der Waals surface area contributed by atoms with Crippen LogP contribution in [-0.4, -0.2) is 21.3 Å². The van der Waals surface area contributed by atoms with Crippen molar-refractivity contribution in [1.29, 1.82) is 0 Å². The van der Waals surface area contributed by atoms with Gasteiger partial charge in [-0.3, -0.25) is 0 Å². The van der Waals surface area contributed by atoms with Gasteiger partial charge < -0.3 is 9.67 Å². The SMILES string of the molecule is CCCCCCn1c(CCCO)nc2cc(C)c(C)cc21. The van der Waals surface area contributed by atoms with E-state index in [0.717, 1.165) is 30.7 Å². The smallest absolute Gasteiger partial charge is 0.109 e. The van der Waals surface area contributed by atoms with Gasteiger partial charge >= 0.3 is 0 Å². The zero-order valence-electron chi connectivity index (χ0n) is 13.7. The Bertz CT molecular complexity index is 586. The zero-order valence-corrected chi connectivity index (χ0v) is 13.7. The van der Waals surface area contributed by atoms with Crippen LogP contribution in [0.25, 0.3) is 11.0 Å². The lowest BCUT2D eigenvalue weighted by Crippen LogP contribution is -2.05. The summed E-state index contributed by atoms with van der Waals surface area (Å²) in [6.45, 7) is 7.82. The number of unbranched alkanes of at least 4 members (excludes halogenated alkanes) is 3. The molecule has 1 N–H and O–H groups in total. The number of hydrogen-bond acceptors (Lipinski definition) is 2. The molecule has 0 unspecified atom stereocenters. The largest absolute Gasteiger partial charge is 0.396 e. The number of nitrogens with zero attached hydrogens (tertiary/aromatic N) is 2. The van der Waals surface area contributed by atoms with Crippen molar-refractivity contribution in [3.05, 3.63) is 29.1 Å². The lowest BCUT2D eigenvalue weighted by atomic mass is 10.1. The Morgan fingerprint density at radius 1 is 1.05 bits per heavy atom. The van der Waals surface area contributed by atoms with Gasteiger partial charge in [0.15, 0.2) is 0 Å². The second kappa shape index (κ2) is 7.60. The molecule has 116 valence electrons. The van der Waals surface area contributed by atoms with Gasteiger partial charge in [-0.25, -0.2) is 4.98 Å². The highest BCUT2D eigenvalue weighted by Crippen LogP contribution is 2.22. The van der Waals surface area contributed by atoms with Gasteiger partial charge in [0, 0.05) is 19.6 Å². The summed E-state index contributed by atoms with van der Waals surface area (Å²) < 4.78 is 2.37. The van der Waals surface area contributed by atoms with Gasteiger partial charge in [-0.2, -0.15) is 0 Å². The van der Waals surface area contributed by atoms with E-state index in [0.29, 0.717) is 0 Å². The standard InChI is InChI=1S/C18H28N2O/c1-4-5-6-7-10-20-17-13-15(3)14(2)12-16(17)19-18(20)9-8-11-21/h12-13,21H,4-11H2,1-3H3. The molecule has 3 heteroatoms. The maximum absolute atomic E-state index is 9.09. The van der Waals surface area contributed by atoms with E-state index < -0.39 is 0 Å². The van der Waals surface area contributed by atoms with Crippen molar-refractivity contribution >= 4 is 11.0 Å². The molecule has 2 rings (SSSR count). The predicted molar refractivity (Wildman–Crippen MR) is 88.8 cm³/mol. The van der Waals surface area contributed by atoms with Gasteiger partial charge in [0.1, 0.15) is 5.82 Å². The van der Waals surface area contributed by atoms with Crippen molar-refractivity contribution < 1.29 is 5.11 Å². The zero-order chi connectivity index (χ0) is 15.2. The molecule has 0 aliphatic carbocycles. The Hall–Kier alpha value is -1.35. The number of hydrogen-bond donors (Lipinski definition) is 1. The van der Waals surface area contributed by atoms with Crippen molar-refractivity contribution in [1.82, 2.24) is 9.55 Å².